The average molecular weight is 421 g/mol. The van der Waals surface area contributed by atoms with Crippen LogP contribution in [-0.2, 0) is 25.8 Å². The van der Waals surface area contributed by atoms with Gasteiger partial charge in [-0.2, -0.15) is 0 Å². The van der Waals surface area contributed by atoms with Crippen molar-refractivity contribution in [2.24, 2.45) is 5.92 Å². The zero-order valence-electron chi connectivity index (χ0n) is 17.1. The van der Waals surface area contributed by atoms with Gasteiger partial charge in [0.1, 0.15) is 5.75 Å². The molecule has 6 nitrogen and oxygen atoms in total. The molecule has 0 bridgehead atoms. The van der Waals surface area contributed by atoms with E-state index in [0.29, 0.717) is 51.4 Å². The number of nitrogens with zero attached hydrogens (tertiary/aromatic N) is 2. The van der Waals surface area contributed by atoms with Crippen molar-refractivity contribution in [1.29, 1.82) is 0 Å². The van der Waals surface area contributed by atoms with Crippen molar-refractivity contribution in [3.05, 3.63) is 35.9 Å². The lowest BCUT2D eigenvalue weighted by molar-refractivity contribution is -0.138. The van der Waals surface area contributed by atoms with E-state index in [2.05, 4.69) is 0 Å². The lowest BCUT2D eigenvalue weighted by Crippen LogP contribution is -2.52. The Bertz CT molecular complexity index is 780. The summed E-state index contributed by atoms with van der Waals surface area (Å²) in [6.45, 7) is 1.86. The Hall–Kier alpha value is -1.89. The Morgan fingerprint density at radius 1 is 0.897 bits per heavy atom. The van der Waals surface area contributed by atoms with Gasteiger partial charge >= 0.3 is 0 Å². The second kappa shape index (κ2) is 10.2. The van der Waals surface area contributed by atoms with Gasteiger partial charge in [0.15, 0.2) is 9.84 Å². The molecule has 1 saturated heterocycles. The number of piperazine rings is 1. The van der Waals surface area contributed by atoms with Crippen LogP contribution in [0.25, 0.3) is 0 Å². The molecule has 0 atom stereocenters. The molecular weight excluding hydrogens is 388 g/mol. The van der Waals surface area contributed by atoms with Gasteiger partial charge < -0.3 is 9.80 Å². The zero-order chi connectivity index (χ0) is 20.7. The molecule has 7 heteroatoms. The Morgan fingerprint density at radius 2 is 1.48 bits per heavy atom. The summed E-state index contributed by atoms with van der Waals surface area (Å²) in [6, 6.07) is 9.76. The summed E-state index contributed by atoms with van der Waals surface area (Å²) < 4.78 is 24.7. The molecule has 2 fully saturated rings. The maximum absolute atomic E-state index is 12.4. The van der Waals surface area contributed by atoms with Crippen LogP contribution < -0.4 is 0 Å². The van der Waals surface area contributed by atoms with Crippen LogP contribution in [-0.4, -0.2) is 67.7 Å². The van der Waals surface area contributed by atoms with Crippen molar-refractivity contribution in [1.82, 2.24) is 9.80 Å². The normalized spacial score (nSPS) is 18.2. The number of hydrogen-bond donors (Lipinski definition) is 0. The van der Waals surface area contributed by atoms with Gasteiger partial charge in [0.2, 0.25) is 11.8 Å². The van der Waals surface area contributed by atoms with Gasteiger partial charge in [0, 0.05) is 32.6 Å². The highest BCUT2D eigenvalue weighted by Gasteiger charge is 2.28. The predicted molar refractivity (Wildman–Crippen MR) is 113 cm³/mol. The molecule has 0 unspecified atom stereocenters. The number of benzene rings is 1. The van der Waals surface area contributed by atoms with Crippen LogP contribution in [0.4, 0.5) is 0 Å². The molecule has 0 aromatic heterocycles. The van der Waals surface area contributed by atoms with Crippen molar-refractivity contribution < 1.29 is 18.0 Å². The second-order valence-corrected chi connectivity index (χ2v) is 10.5. The number of sulfone groups is 1. The van der Waals surface area contributed by atoms with E-state index < -0.39 is 15.6 Å². The number of aryl methyl sites for hydroxylation is 1. The monoisotopic (exact) mass is 420 g/mol. The summed E-state index contributed by atoms with van der Waals surface area (Å²) in [4.78, 5) is 28.3. The van der Waals surface area contributed by atoms with Crippen molar-refractivity contribution in [2.75, 3.05) is 37.7 Å². The van der Waals surface area contributed by atoms with Crippen LogP contribution in [0.2, 0.25) is 0 Å². The molecule has 1 heterocycles. The van der Waals surface area contributed by atoms with Gasteiger partial charge in [-0.25, -0.2) is 8.42 Å². The van der Waals surface area contributed by atoms with E-state index >= 15 is 0 Å². The number of amides is 2. The third kappa shape index (κ3) is 6.84. The quantitative estimate of drug-likeness (QED) is 0.647. The van der Waals surface area contributed by atoms with Gasteiger partial charge in [-0.05, 0) is 37.2 Å². The van der Waals surface area contributed by atoms with E-state index in [1.54, 1.807) is 4.90 Å². The van der Waals surface area contributed by atoms with Gasteiger partial charge in [-0.15, -0.1) is 0 Å². The molecule has 0 radical (unpaired) electrons. The number of rotatable bonds is 8. The van der Waals surface area contributed by atoms with Crippen LogP contribution in [0.15, 0.2) is 30.3 Å². The third-order valence-corrected chi connectivity index (χ3v) is 7.63. The fourth-order valence-electron chi connectivity index (χ4n) is 4.29. The fraction of sp³-hybridized carbons (Fsp3) is 0.636. The zero-order valence-corrected chi connectivity index (χ0v) is 17.9. The molecule has 3 rings (SSSR count). The molecule has 1 aliphatic heterocycles. The minimum absolute atomic E-state index is 0.0213. The molecule has 0 N–H and O–H groups in total. The summed E-state index contributed by atoms with van der Waals surface area (Å²) >= 11 is 0. The average Bonchev–Trinajstić information content (AvgIpc) is 3.21. The topological polar surface area (TPSA) is 74.8 Å². The Morgan fingerprint density at radius 3 is 2.10 bits per heavy atom. The molecule has 0 spiro atoms. The summed E-state index contributed by atoms with van der Waals surface area (Å²) in [6.07, 6.45) is 6.56. The fourth-order valence-corrected chi connectivity index (χ4v) is 5.58. The highest BCUT2D eigenvalue weighted by atomic mass is 32.2. The molecular formula is C22H32N2O4S. The Balaban J connectivity index is 1.38. The maximum atomic E-state index is 12.4. The van der Waals surface area contributed by atoms with E-state index in [1.807, 2.05) is 35.2 Å². The summed E-state index contributed by atoms with van der Waals surface area (Å²) in [5.74, 6) is -0.0565. The van der Waals surface area contributed by atoms with Gasteiger partial charge in [0.25, 0.3) is 0 Å². The highest BCUT2D eigenvalue weighted by Crippen LogP contribution is 2.28. The molecule has 160 valence electrons. The highest BCUT2D eigenvalue weighted by molar-refractivity contribution is 7.92. The van der Waals surface area contributed by atoms with Crippen LogP contribution in [0, 0.1) is 5.92 Å². The van der Waals surface area contributed by atoms with Crippen molar-refractivity contribution in [2.45, 2.75) is 44.9 Å². The minimum atomic E-state index is -3.42. The summed E-state index contributed by atoms with van der Waals surface area (Å²) in [7, 11) is -3.42. The lowest BCUT2D eigenvalue weighted by Gasteiger charge is -2.35. The van der Waals surface area contributed by atoms with Crippen LogP contribution in [0.3, 0.4) is 0 Å². The first-order valence-corrected chi connectivity index (χ1v) is 12.5. The minimum Gasteiger partial charge on any atom is -0.339 e. The lowest BCUT2D eigenvalue weighted by atomic mass is 10.0. The standard InChI is InChI=1S/C22H32N2O4S/c25-21(17-20-9-4-5-10-20)23-12-14-24(15-13-23)22(26)18-29(27,28)16-6-11-19-7-2-1-3-8-19/h1-3,7-8,20H,4-6,9-18H2. The molecule has 1 aromatic rings. The van der Waals surface area contributed by atoms with E-state index in [4.69, 9.17) is 0 Å². The Labute approximate surface area is 174 Å². The van der Waals surface area contributed by atoms with Crippen LogP contribution in [0.1, 0.15) is 44.1 Å². The molecule has 2 amide bonds. The second-order valence-electron chi connectivity index (χ2n) is 8.30. The SMILES string of the molecule is O=C(CC1CCCC1)N1CCN(C(=O)CS(=O)(=O)CCCc2ccccc2)CC1. The first-order valence-electron chi connectivity index (χ1n) is 10.7. The third-order valence-electron chi connectivity index (χ3n) is 6.03. The van der Waals surface area contributed by atoms with E-state index in [-0.39, 0.29) is 17.6 Å². The first-order chi connectivity index (χ1) is 13.9. The number of hydrogen-bond acceptors (Lipinski definition) is 4. The molecule has 1 aliphatic carbocycles. The largest absolute Gasteiger partial charge is 0.339 e. The van der Waals surface area contributed by atoms with Crippen molar-refractivity contribution in [3.8, 4) is 0 Å². The predicted octanol–water partition coefficient (Wildman–Crippen LogP) is 2.29. The Kier molecular flexibility index (Phi) is 7.70. The molecule has 1 aromatic carbocycles. The number of carbonyl (C=O) groups excluding carboxylic acids is 2. The summed E-state index contributed by atoms with van der Waals surface area (Å²) in [5, 5.41) is 0. The van der Waals surface area contributed by atoms with E-state index in [1.165, 1.54) is 12.8 Å². The molecule has 29 heavy (non-hydrogen) atoms. The van der Waals surface area contributed by atoms with Crippen molar-refractivity contribution >= 4 is 21.7 Å². The summed E-state index contributed by atoms with van der Waals surface area (Å²) in [5.41, 5.74) is 1.10. The smallest absolute Gasteiger partial charge is 0.237 e. The van der Waals surface area contributed by atoms with E-state index in [9.17, 15) is 18.0 Å². The van der Waals surface area contributed by atoms with Crippen molar-refractivity contribution in [3.63, 3.8) is 0 Å². The maximum Gasteiger partial charge on any atom is 0.237 e. The van der Waals surface area contributed by atoms with Crippen LogP contribution >= 0.6 is 0 Å². The van der Waals surface area contributed by atoms with E-state index in [0.717, 1.165) is 18.4 Å². The molecule has 2 aliphatic rings. The van der Waals surface area contributed by atoms with Gasteiger partial charge in [-0.1, -0.05) is 43.2 Å². The first kappa shape index (κ1) is 21.8. The molecule has 1 saturated carbocycles. The number of carbonyl (C=O) groups is 2. The van der Waals surface area contributed by atoms with Gasteiger partial charge in [-0.3, -0.25) is 9.59 Å². The van der Waals surface area contributed by atoms with Crippen LogP contribution in [0.5, 0.6) is 0 Å². The van der Waals surface area contributed by atoms with Gasteiger partial charge in [0.05, 0.1) is 5.75 Å².